The molecule has 90 valence electrons. The molecule has 0 amide bonds. The molecule has 0 saturated carbocycles. The molecule has 0 aliphatic rings. The summed E-state index contributed by atoms with van der Waals surface area (Å²) in [5.74, 6) is -0.299. The van der Waals surface area contributed by atoms with Crippen LogP contribution in [0.25, 0.3) is 0 Å². The normalized spacial score (nSPS) is 10.9. The van der Waals surface area contributed by atoms with Gasteiger partial charge in [-0.2, -0.15) is 0 Å². The number of aromatic nitrogens is 1. The van der Waals surface area contributed by atoms with Crippen LogP contribution in [0.3, 0.4) is 0 Å². The Bertz CT molecular complexity index is 397. The number of hydrogen-bond donors (Lipinski definition) is 1. The number of pyridine rings is 1. The fraction of sp³-hybridized carbons (Fsp3) is 0.500. The van der Waals surface area contributed by atoms with Crippen molar-refractivity contribution in [1.29, 1.82) is 0 Å². The SMILES string of the molecule is O=S(=O)([O-])CCCNCCc1cccnc1.[Na+]. The molecule has 0 fully saturated rings. The molecule has 0 saturated heterocycles. The maximum atomic E-state index is 10.3. The van der Waals surface area contributed by atoms with E-state index in [1.54, 1.807) is 12.4 Å². The molecule has 7 heteroatoms. The minimum Gasteiger partial charge on any atom is -0.748 e. The molecule has 17 heavy (non-hydrogen) atoms. The molecule has 5 nitrogen and oxygen atoms in total. The molecule has 0 aliphatic heterocycles. The Morgan fingerprint density at radius 1 is 1.35 bits per heavy atom. The van der Waals surface area contributed by atoms with Gasteiger partial charge in [-0.15, -0.1) is 0 Å². The largest absolute Gasteiger partial charge is 1.00 e. The van der Waals surface area contributed by atoms with Crippen molar-refractivity contribution >= 4 is 10.1 Å². The van der Waals surface area contributed by atoms with Crippen LogP contribution in [-0.4, -0.2) is 36.8 Å². The van der Waals surface area contributed by atoms with Gasteiger partial charge in [0.2, 0.25) is 0 Å². The molecule has 0 unspecified atom stereocenters. The van der Waals surface area contributed by atoms with Gasteiger partial charge < -0.3 is 9.87 Å². The molecule has 1 rings (SSSR count). The van der Waals surface area contributed by atoms with Crippen molar-refractivity contribution in [3.63, 3.8) is 0 Å². The summed E-state index contributed by atoms with van der Waals surface area (Å²) in [6.07, 6.45) is 4.72. The van der Waals surface area contributed by atoms with E-state index in [4.69, 9.17) is 0 Å². The average Bonchev–Trinajstić information content (AvgIpc) is 2.23. The van der Waals surface area contributed by atoms with E-state index in [0.717, 1.165) is 18.5 Å². The summed E-state index contributed by atoms with van der Waals surface area (Å²) in [5, 5.41) is 3.08. The van der Waals surface area contributed by atoms with E-state index < -0.39 is 10.1 Å². The van der Waals surface area contributed by atoms with Gasteiger partial charge >= 0.3 is 29.6 Å². The fourth-order valence-electron chi connectivity index (χ4n) is 1.28. The third kappa shape index (κ3) is 9.70. The fourth-order valence-corrected chi connectivity index (χ4v) is 1.78. The van der Waals surface area contributed by atoms with E-state index in [-0.39, 0.29) is 35.3 Å². The Kier molecular flexibility index (Phi) is 9.03. The molecule has 0 bridgehead atoms. The second-order valence-corrected chi connectivity index (χ2v) is 5.00. The first kappa shape index (κ1) is 17.0. The Morgan fingerprint density at radius 2 is 2.12 bits per heavy atom. The van der Waals surface area contributed by atoms with E-state index in [1.807, 2.05) is 12.1 Å². The number of nitrogens with one attached hydrogen (secondary N) is 1. The predicted molar refractivity (Wildman–Crippen MR) is 60.0 cm³/mol. The van der Waals surface area contributed by atoms with Crippen LogP contribution in [0.15, 0.2) is 24.5 Å². The monoisotopic (exact) mass is 266 g/mol. The van der Waals surface area contributed by atoms with Gasteiger partial charge in [-0.05, 0) is 37.6 Å². The summed E-state index contributed by atoms with van der Waals surface area (Å²) in [6.45, 7) is 1.30. The van der Waals surface area contributed by atoms with Crippen LogP contribution in [0.1, 0.15) is 12.0 Å². The number of nitrogens with zero attached hydrogens (tertiary/aromatic N) is 1. The third-order valence-corrected chi connectivity index (χ3v) is 2.85. The standard InChI is InChI=1S/C10H16N2O3S.Na/c13-16(14,15)8-2-6-11-7-4-10-3-1-5-12-9-10;/h1,3,5,9,11H,2,4,6-8H2,(H,13,14,15);/q;+1/p-1. The quantitative estimate of drug-likeness (QED) is 0.326. The minimum absolute atomic E-state index is 0. The second-order valence-electron chi connectivity index (χ2n) is 3.48. The van der Waals surface area contributed by atoms with E-state index >= 15 is 0 Å². The smallest absolute Gasteiger partial charge is 0.748 e. The summed E-state index contributed by atoms with van der Waals surface area (Å²) in [4.78, 5) is 3.98. The van der Waals surface area contributed by atoms with Crippen molar-refractivity contribution in [2.45, 2.75) is 12.8 Å². The molecule has 0 spiro atoms. The molecular weight excluding hydrogens is 251 g/mol. The van der Waals surface area contributed by atoms with E-state index in [1.165, 1.54) is 0 Å². The van der Waals surface area contributed by atoms with E-state index in [9.17, 15) is 13.0 Å². The third-order valence-electron chi connectivity index (χ3n) is 2.06. The van der Waals surface area contributed by atoms with Gasteiger partial charge in [-0.25, -0.2) is 8.42 Å². The zero-order chi connectivity index (χ0) is 11.9. The van der Waals surface area contributed by atoms with Gasteiger partial charge in [-0.3, -0.25) is 4.98 Å². The zero-order valence-electron chi connectivity index (χ0n) is 9.93. The van der Waals surface area contributed by atoms with Gasteiger partial charge in [0.25, 0.3) is 0 Å². The number of rotatable bonds is 7. The van der Waals surface area contributed by atoms with E-state index in [0.29, 0.717) is 13.0 Å². The Balaban J connectivity index is 0.00000256. The maximum absolute atomic E-state index is 10.3. The Hall–Kier alpha value is 0.0200. The van der Waals surface area contributed by atoms with Crippen LogP contribution >= 0.6 is 0 Å². The van der Waals surface area contributed by atoms with Crippen molar-refractivity contribution in [3.8, 4) is 0 Å². The van der Waals surface area contributed by atoms with Crippen LogP contribution in [-0.2, 0) is 16.5 Å². The summed E-state index contributed by atoms with van der Waals surface area (Å²) in [6, 6.07) is 3.86. The molecule has 0 aromatic carbocycles. The molecule has 1 N–H and O–H groups in total. The van der Waals surface area contributed by atoms with Gasteiger partial charge in [-0.1, -0.05) is 6.07 Å². The first-order valence-electron chi connectivity index (χ1n) is 5.11. The van der Waals surface area contributed by atoms with Crippen molar-refractivity contribution in [3.05, 3.63) is 30.1 Å². The molecule has 0 atom stereocenters. The molecular formula is C10H15N2NaO3S. The van der Waals surface area contributed by atoms with Crippen LogP contribution < -0.4 is 34.9 Å². The summed E-state index contributed by atoms with van der Waals surface area (Å²) >= 11 is 0. The first-order chi connectivity index (χ1) is 7.58. The van der Waals surface area contributed by atoms with E-state index in [2.05, 4.69) is 10.3 Å². The van der Waals surface area contributed by atoms with Crippen LogP contribution in [0, 0.1) is 0 Å². The van der Waals surface area contributed by atoms with Gasteiger partial charge in [0, 0.05) is 18.1 Å². The molecule has 0 aliphatic carbocycles. The second kappa shape index (κ2) is 9.02. The molecule has 1 aromatic rings. The minimum atomic E-state index is -4.06. The van der Waals surface area contributed by atoms with Crippen LogP contribution in [0.4, 0.5) is 0 Å². The van der Waals surface area contributed by atoms with Crippen molar-refractivity contribution < 1.29 is 42.5 Å². The van der Waals surface area contributed by atoms with Gasteiger partial charge in [0.05, 0.1) is 10.1 Å². The van der Waals surface area contributed by atoms with Gasteiger partial charge in [0.15, 0.2) is 0 Å². The zero-order valence-corrected chi connectivity index (χ0v) is 12.7. The first-order valence-corrected chi connectivity index (χ1v) is 6.69. The summed E-state index contributed by atoms with van der Waals surface area (Å²) < 4.78 is 30.9. The van der Waals surface area contributed by atoms with Crippen molar-refractivity contribution in [2.24, 2.45) is 0 Å². The number of hydrogen-bond acceptors (Lipinski definition) is 5. The Labute approximate surface area is 124 Å². The summed E-state index contributed by atoms with van der Waals surface area (Å²) in [7, 11) is -4.06. The predicted octanol–water partition coefficient (Wildman–Crippen LogP) is -2.85. The van der Waals surface area contributed by atoms with Crippen molar-refractivity contribution in [2.75, 3.05) is 18.8 Å². The van der Waals surface area contributed by atoms with Crippen LogP contribution in [0.2, 0.25) is 0 Å². The van der Waals surface area contributed by atoms with Crippen LogP contribution in [0.5, 0.6) is 0 Å². The topological polar surface area (TPSA) is 82.1 Å². The Morgan fingerprint density at radius 3 is 2.71 bits per heavy atom. The molecule has 1 heterocycles. The summed E-state index contributed by atoms with van der Waals surface area (Å²) in [5.41, 5.74) is 1.13. The van der Waals surface area contributed by atoms with Crippen molar-refractivity contribution in [1.82, 2.24) is 10.3 Å². The average molecular weight is 266 g/mol. The molecule has 0 radical (unpaired) electrons. The van der Waals surface area contributed by atoms with Gasteiger partial charge in [0.1, 0.15) is 0 Å². The maximum Gasteiger partial charge on any atom is 1.00 e. The molecule has 1 aromatic heterocycles.